The van der Waals surface area contributed by atoms with E-state index in [2.05, 4.69) is 10.2 Å². The summed E-state index contributed by atoms with van der Waals surface area (Å²) in [5.74, 6) is 1.85. The summed E-state index contributed by atoms with van der Waals surface area (Å²) in [7, 11) is 1.63. The molecule has 2 aromatic rings. The van der Waals surface area contributed by atoms with E-state index < -0.39 is 0 Å². The van der Waals surface area contributed by atoms with E-state index in [-0.39, 0.29) is 11.2 Å². The Morgan fingerprint density at radius 2 is 1.91 bits per heavy atom. The number of carbonyl (C=O) groups excluding carboxylic acids is 1. The molecular weight excluding hydrogens is 300 g/mol. The third-order valence-corrected chi connectivity index (χ3v) is 3.94. The maximum absolute atomic E-state index is 11.9. The lowest BCUT2D eigenvalue weighted by Crippen LogP contribution is -2.21. The van der Waals surface area contributed by atoms with Crippen LogP contribution in [0.2, 0.25) is 0 Å². The second-order valence-electron chi connectivity index (χ2n) is 5.95. The van der Waals surface area contributed by atoms with Crippen molar-refractivity contribution in [1.29, 1.82) is 0 Å². The molecule has 0 aliphatic rings. The first-order valence-corrected chi connectivity index (χ1v) is 7.98. The number of hydrogen-bond donors (Lipinski definition) is 0. The summed E-state index contributed by atoms with van der Waals surface area (Å²) in [4.78, 5) is 11.9. The lowest BCUT2D eigenvalue weighted by Gasteiger charge is -2.14. The van der Waals surface area contributed by atoms with Gasteiger partial charge in [0.25, 0.3) is 5.22 Å². The van der Waals surface area contributed by atoms with E-state index in [0.717, 1.165) is 11.3 Å². The Bertz CT molecular complexity index is 630. The van der Waals surface area contributed by atoms with Gasteiger partial charge in [-0.15, -0.1) is 10.2 Å². The van der Waals surface area contributed by atoms with Crippen molar-refractivity contribution >= 4 is 17.5 Å². The molecule has 2 rings (SSSR count). The number of benzene rings is 1. The van der Waals surface area contributed by atoms with Crippen LogP contribution in [0.4, 0.5) is 0 Å². The molecule has 0 fully saturated rings. The molecule has 1 aromatic carbocycles. The van der Waals surface area contributed by atoms with Crippen molar-refractivity contribution in [3.63, 3.8) is 0 Å². The Kier molecular flexibility index (Phi) is 5.24. The van der Waals surface area contributed by atoms with Gasteiger partial charge in [0.1, 0.15) is 11.5 Å². The number of nitrogens with zero attached hydrogens (tertiary/aromatic N) is 2. The van der Waals surface area contributed by atoms with E-state index in [1.54, 1.807) is 7.11 Å². The number of Topliss-reactive ketones (excluding diaryl/α,β-unsaturated/α-hetero) is 1. The number of aromatic nitrogens is 2. The smallest absolute Gasteiger partial charge is 0.277 e. The summed E-state index contributed by atoms with van der Waals surface area (Å²) in [5, 5.41) is 8.42. The SMILES string of the molecule is COc1ccc(Cc2nnc(SCC(=O)C(C)(C)C)o2)cc1. The first kappa shape index (κ1) is 16.5. The van der Waals surface area contributed by atoms with Gasteiger partial charge in [0.05, 0.1) is 19.3 Å². The number of thioether (sulfide) groups is 1. The molecule has 0 N–H and O–H groups in total. The van der Waals surface area contributed by atoms with Gasteiger partial charge in [-0.1, -0.05) is 44.7 Å². The van der Waals surface area contributed by atoms with Crippen molar-refractivity contribution in [3.05, 3.63) is 35.7 Å². The van der Waals surface area contributed by atoms with Gasteiger partial charge in [0.2, 0.25) is 5.89 Å². The van der Waals surface area contributed by atoms with Crippen LogP contribution in [0.1, 0.15) is 32.2 Å². The topological polar surface area (TPSA) is 65.2 Å². The second kappa shape index (κ2) is 6.96. The standard InChI is InChI=1S/C16H20N2O3S/c1-16(2,3)13(19)10-22-15-18-17-14(21-15)9-11-5-7-12(20-4)8-6-11/h5-8H,9-10H2,1-4H3. The van der Waals surface area contributed by atoms with Crippen LogP contribution in [0.3, 0.4) is 0 Å². The van der Waals surface area contributed by atoms with E-state index in [4.69, 9.17) is 9.15 Å². The number of methoxy groups -OCH3 is 1. The van der Waals surface area contributed by atoms with Gasteiger partial charge in [-0.2, -0.15) is 0 Å². The quantitative estimate of drug-likeness (QED) is 0.760. The minimum atomic E-state index is -0.348. The molecule has 0 aliphatic carbocycles. The fraction of sp³-hybridized carbons (Fsp3) is 0.438. The Morgan fingerprint density at radius 1 is 1.23 bits per heavy atom. The van der Waals surface area contributed by atoms with Crippen LogP contribution in [0.5, 0.6) is 5.75 Å². The Hall–Kier alpha value is -1.82. The molecule has 0 bridgehead atoms. The van der Waals surface area contributed by atoms with Crippen molar-refractivity contribution in [3.8, 4) is 5.75 Å². The highest BCUT2D eigenvalue weighted by atomic mass is 32.2. The largest absolute Gasteiger partial charge is 0.497 e. The summed E-state index contributed by atoms with van der Waals surface area (Å²) in [6.45, 7) is 5.70. The van der Waals surface area contributed by atoms with Crippen LogP contribution in [-0.4, -0.2) is 28.8 Å². The highest BCUT2D eigenvalue weighted by molar-refractivity contribution is 7.99. The fourth-order valence-corrected chi connectivity index (χ4v) is 2.57. The van der Waals surface area contributed by atoms with E-state index >= 15 is 0 Å². The van der Waals surface area contributed by atoms with E-state index in [0.29, 0.717) is 23.3 Å². The van der Waals surface area contributed by atoms with Crippen molar-refractivity contribution < 1.29 is 13.9 Å². The van der Waals surface area contributed by atoms with Gasteiger partial charge in [-0.3, -0.25) is 4.79 Å². The number of ketones is 1. The summed E-state index contributed by atoms with van der Waals surface area (Å²) in [6, 6.07) is 7.70. The normalized spacial score (nSPS) is 11.5. The van der Waals surface area contributed by atoms with Crippen LogP contribution in [0.25, 0.3) is 0 Å². The van der Waals surface area contributed by atoms with Gasteiger partial charge in [-0.05, 0) is 17.7 Å². The summed E-state index contributed by atoms with van der Waals surface area (Å²) >= 11 is 1.28. The average Bonchev–Trinajstić information content (AvgIpc) is 2.92. The maximum atomic E-state index is 11.9. The third kappa shape index (κ3) is 4.59. The Morgan fingerprint density at radius 3 is 2.50 bits per heavy atom. The molecule has 5 nitrogen and oxygen atoms in total. The minimum absolute atomic E-state index is 0.160. The molecule has 0 atom stereocenters. The monoisotopic (exact) mass is 320 g/mol. The van der Waals surface area contributed by atoms with Crippen LogP contribution in [0.15, 0.2) is 33.9 Å². The molecule has 0 saturated heterocycles. The lowest BCUT2D eigenvalue weighted by atomic mass is 9.92. The zero-order valence-electron chi connectivity index (χ0n) is 13.3. The van der Waals surface area contributed by atoms with Gasteiger partial charge in [0.15, 0.2) is 0 Å². The number of carbonyl (C=O) groups is 1. The van der Waals surface area contributed by atoms with E-state index in [1.807, 2.05) is 45.0 Å². The van der Waals surface area contributed by atoms with Crippen molar-refractivity contribution in [2.45, 2.75) is 32.4 Å². The predicted molar refractivity (Wildman–Crippen MR) is 85.3 cm³/mol. The molecular formula is C16H20N2O3S. The van der Waals surface area contributed by atoms with Crippen molar-refractivity contribution in [2.24, 2.45) is 5.41 Å². The molecule has 0 amide bonds. The molecule has 1 heterocycles. The maximum Gasteiger partial charge on any atom is 0.277 e. The van der Waals surface area contributed by atoms with Crippen LogP contribution < -0.4 is 4.74 Å². The molecule has 0 spiro atoms. The van der Waals surface area contributed by atoms with Crippen LogP contribution in [-0.2, 0) is 11.2 Å². The van der Waals surface area contributed by atoms with Crippen molar-refractivity contribution in [1.82, 2.24) is 10.2 Å². The molecule has 118 valence electrons. The first-order chi connectivity index (χ1) is 10.4. The van der Waals surface area contributed by atoms with Crippen LogP contribution >= 0.6 is 11.8 Å². The van der Waals surface area contributed by atoms with Gasteiger partial charge in [0, 0.05) is 5.41 Å². The molecule has 1 aromatic heterocycles. The highest BCUT2D eigenvalue weighted by Crippen LogP contribution is 2.23. The first-order valence-electron chi connectivity index (χ1n) is 7.00. The second-order valence-corrected chi connectivity index (χ2v) is 6.88. The predicted octanol–water partition coefficient (Wildman–Crippen LogP) is 3.38. The molecule has 0 radical (unpaired) electrons. The molecule has 22 heavy (non-hydrogen) atoms. The number of ether oxygens (including phenoxy) is 1. The van der Waals surface area contributed by atoms with Gasteiger partial charge < -0.3 is 9.15 Å². The Balaban J connectivity index is 1.92. The number of rotatable bonds is 6. The van der Waals surface area contributed by atoms with E-state index in [1.165, 1.54) is 11.8 Å². The summed E-state index contributed by atoms with van der Waals surface area (Å²) < 4.78 is 10.7. The van der Waals surface area contributed by atoms with Crippen molar-refractivity contribution in [2.75, 3.05) is 12.9 Å². The lowest BCUT2D eigenvalue weighted by molar-refractivity contribution is -0.123. The van der Waals surface area contributed by atoms with Gasteiger partial charge in [-0.25, -0.2) is 0 Å². The molecule has 0 saturated carbocycles. The Labute approximate surface area is 134 Å². The molecule has 0 aliphatic heterocycles. The number of hydrogen-bond acceptors (Lipinski definition) is 6. The molecule has 6 heteroatoms. The molecule has 0 unspecified atom stereocenters. The van der Waals surface area contributed by atoms with Crippen LogP contribution in [0, 0.1) is 5.41 Å². The van der Waals surface area contributed by atoms with Gasteiger partial charge >= 0.3 is 0 Å². The summed E-state index contributed by atoms with van der Waals surface area (Å²) in [6.07, 6.45) is 0.560. The average molecular weight is 320 g/mol. The fourth-order valence-electron chi connectivity index (χ4n) is 1.63. The summed E-state index contributed by atoms with van der Waals surface area (Å²) in [5.41, 5.74) is 0.714. The third-order valence-electron chi connectivity index (χ3n) is 3.13. The van der Waals surface area contributed by atoms with E-state index in [9.17, 15) is 4.79 Å². The minimum Gasteiger partial charge on any atom is -0.497 e. The zero-order valence-corrected chi connectivity index (χ0v) is 14.1. The zero-order chi connectivity index (χ0) is 16.2. The highest BCUT2D eigenvalue weighted by Gasteiger charge is 2.22.